The minimum Gasteiger partial charge on any atom is -0.494 e. The maximum atomic E-state index is 5.64. The van der Waals surface area contributed by atoms with Crippen LogP contribution in [0.3, 0.4) is 0 Å². The number of ether oxygens (including phenoxy) is 2. The molecule has 0 amide bonds. The molecule has 0 bridgehead atoms. The van der Waals surface area contributed by atoms with Gasteiger partial charge in [-0.2, -0.15) is 0 Å². The molecule has 3 nitrogen and oxygen atoms in total. The molecular formula is C15H23NO2. The van der Waals surface area contributed by atoms with E-state index in [1.54, 1.807) is 0 Å². The minimum atomic E-state index is 0.519. The highest BCUT2D eigenvalue weighted by Crippen LogP contribution is 2.13. The Balaban J connectivity index is 1.72. The molecule has 2 rings (SSSR count). The normalized spacial score (nSPS) is 19.1. The fraction of sp³-hybridized carbons (Fsp3) is 0.600. The molecule has 1 atom stereocenters. The van der Waals surface area contributed by atoms with Crippen molar-refractivity contribution in [3.8, 4) is 5.75 Å². The summed E-state index contributed by atoms with van der Waals surface area (Å²) in [7, 11) is 0. The van der Waals surface area contributed by atoms with Crippen LogP contribution in [-0.4, -0.2) is 25.9 Å². The van der Waals surface area contributed by atoms with Gasteiger partial charge in [-0.1, -0.05) is 25.5 Å². The third-order valence-electron chi connectivity index (χ3n) is 3.21. The molecule has 0 radical (unpaired) electrons. The van der Waals surface area contributed by atoms with Crippen LogP contribution in [0.5, 0.6) is 5.75 Å². The lowest BCUT2D eigenvalue weighted by Crippen LogP contribution is -2.28. The Kier molecular flexibility index (Phi) is 5.49. The van der Waals surface area contributed by atoms with Crippen molar-refractivity contribution < 1.29 is 9.47 Å². The van der Waals surface area contributed by atoms with Crippen molar-refractivity contribution in [1.82, 2.24) is 5.32 Å². The van der Waals surface area contributed by atoms with E-state index in [0.29, 0.717) is 6.04 Å². The third-order valence-corrected chi connectivity index (χ3v) is 3.21. The molecule has 0 spiro atoms. The van der Waals surface area contributed by atoms with Gasteiger partial charge in [-0.3, -0.25) is 0 Å². The van der Waals surface area contributed by atoms with Gasteiger partial charge in [0.1, 0.15) is 5.75 Å². The fourth-order valence-electron chi connectivity index (χ4n) is 2.00. The highest BCUT2D eigenvalue weighted by Gasteiger charge is 2.14. The molecule has 1 N–H and O–H groups in total. The number of hydrogen-bond donors (Lipinski definition) is 1. The molecule has 1 aromatic rings. The van der Waals surface area contributed by atoms with Crippen molar-refractivity contribution >= 4 is 0 Å². The molecule has 1 aliphatic heterocycles. The van der Waals surface area contributed by atoms with Gasteiger partial charge in [0.2, 0.25) is 0 Å². The number of benzene rings is 1. The summed E-state index contributed by atoms with van der Waals surface area (Å²) in [5, 5.41) is 3.50. The monoisotopic (exact) mass is 249 g/mol. The van der Waals surface area contributed by atoms with Crippen molar-refractivity contribution in [2.75, 3.05) is 19.8 Å². The zero-order valence-electron chi connectivity index (χ0n) is 11.2. The highest BCUT2D eigenvalue weighted by atomic mass is 16.5. The number of rotatable bonds is 7. The molecule has 3 heteroatoms. The van der Waals surface area contributed by atoms with Crippen molar-refractivity contribution in [2.24, 2.45) is 0 Å². The molecule has 1 aliphatic rings. The van der Waals surface area contributed by atoms with E-state index in [0.717, 1.165) is 45.0 Å². The average Bonchev–Trinajstić information content (AvgIpc) is 2.91. The van der Waals surface area contributed by atoms with Crippen LogP contribution in [0.1, 0.15) is 31.7 Å². The van der Waals surface area contributed by atoms with Gasteiger partial charge in [0.15, 0.2) is 0 Å². The first-order valence-corrected chi connectivity index (χ1v) is 6.91. The Morgan fingerprint density at radius 3 is 2.83 bits per heavy atom. The summed E-state index contributed by atoms with van der Waals surface area (Å²) in [5.74, 6) is 0.969. The van der Waals surface area contributed by atoms with E-state index < -0.39 is 0 Å². The standard InChI is InChI=1S/C15H23NO2/c1-2-3-9-18-15-6-4-13(5-7-15)11-16-14-8-10-17-12-14/h4-7,14,16H,2-3,8-12H2,1H3. The number of unbranched alkanes of at least 4 members (excludes halogenated alkanes) is 1. The Morgan fingerprint density at radius 1 is 1.33 bits per heavy atom. The second-order valence-corrected chi connectivity index (χ2v) is 4.79. The van der Waals surface area contributed by atoms with E-state index in [1.807, 2.05) is 0 Å². The van der Waals surface area contributed by atoms with E-state index in [2.05, 4.69) is 36.5 Å². The maximum Gasteiger partial charge on any atom is 0.119 e. The summed E-state index contributed by atoms with van der Waals surface area (Å²) in [4.78, 5) is 0. The Hall–Kier alpha value is -1.06. The van der Waals surface area contributed by atoms with Gasteiger partial charge in [-0.15, -0.1) is 0 Å². The molecular weight excluding hydrogens is 226 g/mol. The quantitative estimate of drug-likeness (QED) is 0.754. The summed E-state index contributed by atoms with van der Waals surface area (Å²) in [6.07, 6.45) is 3.41. The molecule has 1 aromatic carbocycles. The third kappa shape index (κ3) is 4.31. The van der Waals surface area contributed by atoms with Crippen LogP contribution >= 0.6 is 0 Å². The van der Waals surface area contributed by atoms with Crippen molar-refractivity contribution in [1.29, 1.82) is 0 Å². The largest absolute Gasteiger partial charge is 0.494 e. The van der Waals surface area contributed by atoms with Gasteiger partial charge in [0.25, 0.3) is 0 Å². The van der Waals surface area contributed by atoms with Crippen LogP contribution in [0, 0.1) is 0 Å². The second kappa shape index (κ2) is 7.39. The zero-order valence-corrected chi connectivity index (χ0v) is 11.2. The highest BCUT2D eigenvalue weighted by molar-refractivity contribution is 5.27. The minimum absolute atomic E-state index is 0.519. The fourth-order valence-corrected chi connectivity index (χ4v) is 2.00. The molecule has 100 valence electrons. The first-order chi connectivity index (χ1) is 8.88. The average molecular weight is 249 g/mol. The summed E-state index contributed by atoms with van der Waals surface area (Å²) in [5.41, 5.74) is 1.30. The van der Waals surface area contributed by atoms with E-state index in [-0.39, 0.29) is 0 Å². The summed E-state index contributed by atoms with van der Waals surface area (Å²) in [6.45, 7) is 5.63. The van der Waals surface area contributed by atoms with Crippen molar-refractivity contribution in [3.05, 3.63) is 29.8 Å². The Labute approximate surface area is 109 Å². The van der Waals surface area contributed by atoms with Crippen LogP contribution < -0.4 is 10.1 Å². The Morgan fingerprint density at radius 2 is 2.17 bits per heavy atom. The van der Waals surface area contributed by atoms with Gasteiger partial charge in [0.05, 0.1) is 13.2 Å². The second-order valence-electron chi connectivity index (χ2n) is 4.79. The van der Waals surface area contributed by atoms with Gasteiger partial charge >= 0.3 is 0 Å². The SMILES string of the molecule is CCCCOc1ccc(CNC2CCOC2)cc1. The van der Waals surface area contributed by atoms with Crippen LogP contribution in [0.4, 0.5) is 0 Å². The van der Waals surface area contributed by atoms with Gasteiger partial charge in [-0.25, -0.2) is 0 Å². The molecule has 1 fully saturated rings. The first-order valence-electron chi connectivity index (χ1n) is 6.91. The zero-order chi connectivity index (χ0) is 12.6. The maximum absolute atomic E-state index is 5.64. The molecule has 18 heavy (non-hydrogen) atoms. The lowest BCUT2D eigenvalue weighted by molar-refractivity contribution is 0.190. The molecule has 0 aromatic heterocycles. The predicted octanol–water partition coefficient (Wildman–Crippen LogP) is 2.74. The van der Waals surface area contributed by atoms with E-state index >= 15 is 0 Å². The van der Waals surface area contributed by atoms with Gasteiger partial charge in [-0.05, 0) is 30.5 Å². The topological polar surface area (TPSA) is 30.5 Å². The van der Waals surface area contributed by atoms with E-state index in [9.17, 15) is 0 Å². The smallest absolute Gasteiger partial charge is 0.119 e. The lowest BCUT2D eigenvalue weighted by atomic mass is 10.2. The van der Waals surface area contributed by atoms with Crippen LogP contribution in [-0.2, 0) is 11.3 Å². The number of nitrogens with one attached hydrogen (secondary N) is 1. The summed E-state index contributed by atoms with van der Waals surface area (Å²) in [6, 6.07) is 8.88. The first kappa shape index (κ1) is 13.4. The van der Waals surface area contributed by atoms with Gasteiger partial charge in [0, 0.05) is 19.2 Å². The molecule has 1 unspecified atom stereocenters. The van der Waals surface area contributed by atoms with Crippen LogP contribution in [0.25, 0.3) is 0 Å². The molecule has 1 heterocycles. The Bertz CT molecular complexity index is 331. The van der Waals surface area contributed by atoms with E-state index in [4.69, 9.17) is 9.47 Å². The van der Waals surface area contributed by atoms with Crippen LogP contribution in [0.2, 0.25) is 0 Å². The van der Waals surface area contributed by atoms with E-state index in [1.165, 1.54) is 12.0 Å². The summed E-state index contributed by atoms with van der Waals surface area (Å²) < 4.78 is 11.0. The molecule has 0 saturated carbocycles. The number of hydrogen-bond acceptors (Lipinski definition) is 3. The predicted molar refractivity (Wildman–Crippen MR) is 72.9 cm³/mol. The van der Waals surface area contributed by atoms with Gasteiger partial charge < -0.3 is 14.8 Å². The van der Waals surface area contributed by atoms with Crippen LogP contribution in [0.15, 0.2) is 24.3 Å². The van der Waals surface area contributed by atoms with Crippen molar-refractivity contribution in [2.45, 2.75) is 38.8 Å². The molecule has 1 saturated heterocycles. The molecule has 0 aliphatic carbocycles. The summed E-state index contributed by atoms with van der Waals surface area (Å²) >= 11 is 0. The van der Waals surface area contributed by atoms with Crippen molar-refractivity contribution in [3.63, 3.8) is 0 Å². The lowest BCUT2D eigenvalue weighted by Gasteiger charge is -2.11.